The zero-order valence-corrected chi connectivity index (χ0v) is 12.5. The van der Waals surface area contributed by atoms with Crippen LogP contribution in [0.4, 0.5) is 11.4 Å². The van der Waals surface area contributed by atoms with E-state index in [9.17, 15) is 18.5 Å². The van der Waals surface area contributed by atoms with E-state index in [1.165, 1.54) is 37.3 Å². The summed E-state index contributed by atoms with van der Waals surface area (Å²) in [5, 5.41) is 11.3. The molecule has 0 amide bonds. The minimum Gasteiger partial charge on any atom is -0.280 e. The second-order valence-corrected chi connectivity index (χ2v) is 6.36. The molecule has 0 heterocycles. The fourth-order valence-electron chi connectivity index (χ4n) is 1.82. The number of hydrogen-bond donors (Lipinski definition) is 1. The van der Waals surface area contributed by atoms with Crippen molar-refractivity contribution < 1.29 is 13.3 Å². The van der Waals surface area contributed by atoms with Gasteiger partial charge in [-0.1, -0.05) is 17.7 Å². The van der Waals surface area contributed by atoms with E-state index >= 15 is 0 Å². The molecule has 0 atom stereocenters. The maximum atomic E-state index is 12.3. The first-order valence-electron chi connectivity index (χ1n) is 5.83. The van der Waals surface area contributed by atoms with Gasteiger partial charge in [0.05, 0.1) is 9.82 Å². The zero-order chi connectivity index (χ0) is 15.6. The van der Waals surface area contributed by atoms with Crippen molar-refractivity contribution in [1.29, 1.82) is 0 Å². The Morgan fingerprint density at radius 3 is 2.33 bits per heavy atom. The highest BCUT2D eigenvalue weighted by molar-refractivity contribution is 7.92. The molecular formula is C13H11ClN2O4S. The van der Waals surface area contributed by atoms with E-state index in [0.717, 1.165) is 0 Å². The largest absolute Gasteiger partial charge is 0.280 e. The quantitative estimate of drug-likeness (QED) is 0.689. The van der Waals surface area contributed by atoms with E-state index in [4.69, 9.17) is 11.6 Å². The van der Waals surface area contributed by atoms with Crippen molar-refractivity contribution in [1.82, 2.24) is 0 Å². The molecule has 2 aromatic carbocycles. The lowest BCUT2D eigenvalue weighted by Gasteiger charge is -2.10. The zero-order valence-electron chi connectivity index (χ0n) is 10.9. The summed E-state index contributed by atoms with van der Waals surface area (Å²) in [6.45, 7) is 1.40. The van der Waals surface area contributed by atoms with Gasteiger partial charge in [-0.05, 0) is 37.3 Å². The van der Waals surface area contributed by atoms with Crippen molar-refractivity contribution in [3.8, 4) is 0 Å². The second-order valence-electron chi connectivity index (χ2n) is 4.27. The lowest BCUT2D eigenvalue weighted by Crippen LogP contribution is -2.14. The van der Waals surface area contributed by atoms with E-state index in [2.05, 4.69) is 4.72 Å². The first-order valence-corrected chi connectivity index (χ1v) is 7.70. The molecule has 0 aliphatic carbocycles. The minimum absolute atomic E-state index is 0.0870. The first-order chi connectivity index (χ1) is 9.81. The van der Waals surface area contributed by atoms with Gasteiger partial charge in [-0.3, -0.25) is 14.8 Å². The summed E-state index contributed by atoms with van der Waals surface area (Å²) in [6, 6.07) is 10.0. The van der Waals surface area contributed by atoms with Crippen LogP contribution >= 0.6 is 11.6 Å². The summed E-state index contributed by atoms with van der Waals surface area (Å²) in [4.78, 5) is 10.1. The maximum absolute atomic E-state index is 12.3. The molecule has 0 unspecified atom stereocenters. The molecule has 0 fully saturated rings. The standard InChI is InChI=1S/C13H11ClN2O4S/c1-9-12(16(17)18)3-2-4-13(9)21(19,20)15-11-7-5-10(14)6-8-11/h2-8,15H,1H3. The topological polar surface area (TPSA) is 89.3 Å². The normalized spacial score (nSPS) is 11.1. The highest BCUT2D eigenvalue weighted by Crippen LogP contribution is 2.26. The molecule has 6 nitrogen and oxygen atoms in total. The number of halogens is 1. The van der Waals surface area contributed by atoms with E-state index in [-0.39, 0.29) is 16.1 Å². The van der Waals surface area contributed by atoms with Crippen LogP contribution in [0.5, 0.6) is 0 Å². The van der Waals surface area contributed by atoms with Gasteiger partial charge in [0.25, 0.3) is 15.7 Å². The molecule has 0 bridgehead atoms. The summed E-state index contributed by atoms with van der Waals surface area (Å²) in [7, 11) is -3.91. The van der Waals surface area contributed by atoms with Crippen LogP contribution in [0.25, 0.3) is 0 Å². The molecule has 21 heavy (non-hydrogen) atoms. The van der Waals surface area contributed by atoms with E-state index in [1.54, 1.807) is 12.1 Å². The average molecular weight is 327 g/mol. The maximum Gasteiger partial charge on any atom is 0.273 e. The van der Waals surface area contributed by atoms with E-state index < -0.39 is 14.9 Å². The van der Waals surface area contributed by atoms with Gasteiger partial charge >= 0.3 is 0 Å². The van der Waals surface area contributed by atoms with Crippen LogP contribution in [0.3, 0.4) is 0 Å². The summed E-state index contributed by atoms with van der Waals surface area (Å²) in [5.41, 5.74) is 0.170. The Morgan fingerprint density at radius 1 is 1.14 bits per heavy atom. The molecule has 110 valence electrons. The van der Waals surface area contributed by atoms with Crippen LogP contribution in [0.1, 0.15) is 5.56 Å². The van der Waals surface area contributed by atoms with Gasteiger partial charge in [0.15, 0.2) is 0 Å². The van der Waals surface area contributed by atoms with Gasteiger partial charge in [-0.25, -0.2) is 8.42 Å². The van der Waals surface area contributed by atoms with Gasteiger partial charge < -0.3 is 0 Å². The predicted octanol–water partition coefficient (Wildman–Crippen LogP) is 3.36. The number of nitrogens with one attached hydrogen (secondary N) is 1. The monoisotopic (exact) mass is 326 g/mol. The molecule has 0 radical (unpaired) electrons. The molecule has 2 rings (SSSR count). The fourth-order valence-corrected chi connectivity index (χ4v) is 3.27. The van der Waals surface area contributed by atoms with Crippen LogP contribution in [0, 0.1) is 17.0 Å². The third-order valence-electron chi connectivity index (χ3n) is 2.84. The molecule has 0 aromatic heterocycles. The van der Waals surface area contributed by atoms with Crippen LogP contribution in [0.15, 0.2) is 47.4 Å². The SMILES string of the molecule is Cc1c([N+](=O)[O-])cccc1S(=O)(=O)Nc1ccc(Cl)cc1. The first kappa shape index (κ1) is 15.3. The number of rotatable bonds is 4. The number of anilines is 1. The van der Waals surface area contributed by atoms with Crippen molar-refractivity contribution in [2.45, 2.75) is 11.8 Å². The third-order valence-corrected chi connectivity index (χ3v) is 4.62. The molecule has 0 aliphatic rings. The van der Waals surface area contributed by atoms with Gasteiger partial charge in [0.2, 0.25) is 0 Å². The number of sulfonamides is 1. The third kappa shape index (κ3) is 3.32. The van der Waals surface area contributed by atoms with Crippen LogP contribution in [-0.4, -0.2) is 13.3 Å². The van der Waals surface area contributed by atoms with E-state index in [1.807, 2.05) is 0 Å². The minimum atomic E-state index is -3.91. The lowest BCUT2D eigenvalue weighted by molar-refractivity contribution is -0.385. The van der Waals surface area contributed by atoms with Gasteiger partial charge in [-0.15, -0.1) is 0 Å². The Balaban J connectivity index is 2.42. The molecular weight excluding hydrogens is 316 g/mol. The Kier molecular flexibility index (Phi) is 4.15. The van der Waals surface area contributed by atoms with Gasteiger partial charge in [-0.2, -0.15) is 0 Å². The summed E-state index contributed by atoms with van der Waals surface area (Å²) >= 11 is 5.73. The Bertz CT molecular complexity index is 788. The lowest BCUT2D eigenvalue weighted by atomic mass is 10.2. The average Bonchev–Trinajstić information content (AvgIpc) is 2.41. The number of hydrogen-bond acceptors (Lipinski definition) is 4. The van der Waals surface area contributed by atoms with Crippen molar-refractivity contribution in [2.24, 2.45) is 0 Å². The Labute approximate surface area is 126 Å². The van der Waals surface area contributed by atoms with E-state index in [0.29, 0.717) is 10.7 Å². The van der Waals surface area contributed by atoms with Crippen molar-refractivity contribution >= 4 is 33.0 Å². The second kappa shape index (κ2) is 5.71. The number of nitro groups is 1. The number of nitrogens with zero attached hydrogens (tertiary/aromatic N) is 1. The van der Waals surface area contributed by atoms with Crippen molar-refractivity contribution in [3.05, 3.63) is 63.2 Å². The van der Waals surface area contributed by atoms with Gasteiger partial charge in [0, 0.05) is 22.3 Å². The molecule has 0 spiro atoms. The predicted molar refractivity (Wildman–Crippen MR) is 80.1 cm³/mol. The molecule has 8 heteroatoms. The van der Waals surface area contributed by atoms with Crippen LogP contribution in [0.2, 0.25) is 5.02 Å². The van der Waals surface area contributed by atoms with Gasteiger partial charge in [0.1, 0.15) is 0 Å². The molecule has 0 aliphatic heterocycles. The fraction of sp³-hybridized carbons (Fsp3) is 0.0769. The molecule has 1 N–H and O–H groups in total. The molecule has 0 saturated heterocycles. The molecule has 0 saturated carbocycles. The highest BCUT2D eigenvalue weighted by atomic mass is 35.5. The molecule has 2 aromatic rings. The van der Waals surface area contributed by atoms with Crippen molar-refractivity contribution in [3.63, 3.8) is 0 Å². The highest BCUT2D eigenvalue weighted by Gasteiger charge is 2.22. The number of benzene rings is 2. The van der Waals surface area contributed by atoms with Crippen LogP contribution < -0.4 is 4.72 Å². The smallest absolute Gasteiger partial charge is 0.273 e. The number of nitro benzene ring substituents is 1. The summed E-state index contributed by atoms with van der Waals surface area (Å²) < 4.78 is 27.0. The Hall–Kier alpha value is -2.12. The summed E-state index contributed by atoms with van der Waals surface area (Å²) in [5.74, 6) is 0. The Morgan fingerprint density at radius 2 is 1.76 bits per heavy atom. The van der Waals surface area contributed by atoms with Crippen LogP contribution in [-0.2, 0) is 10.0 Å². The summed E-state index contributed by atoms with van der Waals surface area (Å²) in [6.07, 6.45) is 0. The van der Waals surface area contributed by atoms with Crippen molar-refractivity contribution in [2.75, 3.05) is 4.72 Å².